The SMILES string of the molecule is CC(=O)N(C(C)C)C1(C(=O)O)CCNCC1. The number of hydrogen-bond acceptors (Lipinski definition) is 3. The predicted octanol–water partition coefficient (Wildman–Crippen LogP) is 0.450. The van der Waals surface area contributed by atoms with Gasteiger partial charge in [0.15, 0.2) is 0 Å². The molecule has 5 nitrogen and oxygen atoms in total. The van der Waals surface area contributed by atoms with Crippen molar-refractivity contribution in [3.8, 4) is 0 Å². The Kier molecular flexibility index (Phi) is 3.91. The average Bonchev–Trinajstić information content (AvgIpc) is 2.17. The molecule has 0 bridgehead atoms. The molecule has 5 heteroatoms. The summed E-state index contributed by atoms with van der Waals surface area (Å²) in [7, 11) is 0. The third-order valence-corrected chi connectivity index (χ3v) is 3.15. The van der Waals surface area contributed by atoms with Crippen LogP contribution in [-0.2, 0) is 9.59 Å². The van der Waals surface area contributed by atoms with Gasteiger partial charge in [0.1, 0.15) is 5.54 Å². The molecule has 1 aliphatic heterocycles. The second kappa shape index (κ2) is 4.82. The van der Waals surface area contributed by atoms with Gasteiger partial charge in [-0.2, -0.15) is 0 Å². The Labute approximate surface area is 95.8 Å². The number of nitrogens with zero attached hydrogens (tertiary/aromatic N) is 1. The molecule has 1 saturated heterocycles. The summed E-state index contributed by atoms with van der Waals surface area (Å²) >= 11 is 0. The van der Waals surface area contributed by atoms with Gasteiger partial charge in [-0.3, -0.25) is 4.79 Å². The standard InChI is InChI=1S/C11H20N2O3/c1-8(2)13(9(3)14)11(10(15)16)4-6-12-7-5-11/h8,12H,4-7H2,1-3H3,(H,15,16). The zero-order valence-corrected chi connectivity index (χ0v) is 10.1. The zero-order chi connectivity index (χ0) is 12.3. The molecule has 16 heavy (non-hydrogen) atoms. The molecule has 0 aromatic carbocycles. The predicted molar refractivity (Wildman–Crippen MR) is 60.1 cm³/mol. The fourth-order valence-corrected chi connectivity index (χ4v) is 2.56. The second-order valence-corrected chi connectivity index (χ2v) is 4.57. The van der Waals surface area contributed by atoms with Crippen molar-refractivity contribution in [1.29, 1.82) is 0 Å². The fraction of sp³-hybridized carbons (Fsp3) is 0.818. The van der Waals surface area contributed by atoms with Crippen LogP contribution in [0.5, 0.6) is 0 Å². The van der Waals surface area contributed by atoms with Crippen LogP contribution in [-0.4, -0.2) is 46.6 Å². The summed E-state index contributed by atoms with van der Waals surface area (Å²) in [6, 6.07) is -0.0910. The van der Waals surface area contributed by atoms with Crippen molar-refractivity contribution >= 4 is 11.9 Å². The lowest BCUT2D eigenvalue weighted by Gasteiger charge is -2.45. The van der Waals surface area contributed by atoms with Gasteiger partial charge < -0.3 is 15.3 Å². The van der Waals surface area contributed by atoms with Crippen LogP contribution in [0.4, 0.5) is 0 Å². The van der Waals surface area contributed by atoms with Crippen molar-refractivity contribution in [2.75, 3.05) is 13.1 Å². The van der Waals surface area contributed by atoms with Crippen LogP contribution >= 0.6 is 0 Å². The number of nitrogens with one attached hydrogen (secondary N) is 1. The van der Waals surface area contributed by atoms with E-state index in [1.807, 2.05) is 13.8 Å². The summed E-state index contributed by atoms with van der Waals surface area (Å²) in [6.45, 7) is 6.43. The van der Waals surface area contributed by atoms with Gasteiger partial charge in [-0.15, -0.1) is 0 Å². The largest absolute Gasteiger partial charge is 0.479 e. The molecule has 1 heterocycles. The highest BCUT2D eigenvalue weighted by Crippen LogP contribution is 2.29. The maximum absolute atomic E-state index is 11.6. The Bertz CT molecular complexity index is 283. The Morgan fingerprint density at radius 3 is 2.12 bits per heavy atom. The van der Waals surface area contributed by atoms with Crippen LogP contribution in [0, 0.1) is 0 Å². The minimum absolute atomic E-state index is 0.0910. The lowest BCUT2D eigenvalue weighted by atomic mass is 9.85. The molecule has 1 rings (SSSR count). The Morgan fingerprint density at radius 1 is 1.31 bits per heavy atom. The van der Waals surface area contributed by atoms with Gasteiger partial charge in [0.2, 0.25) is 5.91 Å². The minimum atomic E-state index is -1.02. The first kappa shape index (κ1) is 13.0. The first-order valence-electron chi connectivity index (χ1n) is 5.66. The van der Waals surface area contributed by atoms with Crippen molar-refractivity contribution in [2.45, 2.75) is 45.2 Å². The van der Waals surface area contributed by atoms with Crippen molar-refractivity contribution < 1.29 is 14.7 Å². The third kappa shape index (κ3) is 2.19. The molecular weight excluding hydrogens is 208 g/mol. The summed E-state index contributed by atoms with van der Waals surface area (Å²) in [5, 5.41) is 12.6. The Morgan fingerprint density at radius 2 is 1.81 bits per heavy atom. The van der Waals surface area contributed by atoms with Crippen molar-refractivity contribution in [1.82, 2.24) is 10.2 Å². The molecule has 92 valence electrons. The van der Waals surface area contributed by atoms with E-state index >= 15 is 0 Å². The maximum Gasteiger partial charge on any atom is 0.329 e. The first-order chi connectivity index (χ1) is 7.42. The molecule has 1 amide bonds. The van der Waals surface area contributed by atoms with Gasteiger partial charge in [0.05, 0.1) is 0 Å². The highest BCUT2D eigenvalue weighted by atomic mass is 16.4. The van der Waals surface area contributed by atoms with Gasteiger partial charge in [-0.1, -0.05) is 0 Å². The number of amides is 1. The highest BCUT2D eigenvalue weighted by Gasteiger charge is 2.47. The molecule has 2 N–H and O–H groups in total. The van der Waals surface area contributed by atoms with E-state index in [9.17, 15) is 14.7 Å². The van der Waals surface area contributed by atoms with Crippen LogP contribution in [0.1, 0.15) is 33.6 Å². The summed E-state index contributed by atoms with van der Waals surface area (Å²) in [6.07, 6.45) is 0.945. The van der Waals surface area contributed by atoms with Crippen molar-refractivity contribution in [3.05, 3.63) is 0 Å². The molecule has 0 aromatic heterocycles. The van der Waals surface area contributed by atoms with E-state index in [0.29, 0.717) is 25.9 Å². The number of carboxylic acid groups (broad SMARTS) is 1. The van der Waals surface area contributed by atoms with E-state index in [1.165, 1.54) is 11.8 Å². The topological polar surface area (TPSA) is 69.6 Å². The Balaban J connectivity index is 3.07. The fourth-order valence-electron chi connectivity index (χ4n) is 2.56. The quantitative estimate of drug-likeness (QED) is 0.736. The first-order valence-corrected chi connectivity index (χ1v) is 5.66. The Hall–Kier alpha value is -1.10. The third-order valence-electron chi connectivity index (χ3n) is 3.15. The van der Waals surface area contributed by atoms with Crippen molar-refractivity contribution in [2.24, 2.45) is 0 Å². The van der Waals surface area contributed by atoms with Crippen LogP contribution < -0.4 is 5.32 Å². The minimum Gasteiger partial charge on any atom is -0.479 e. The van der Waals surface area contributed by atoms with E-state index in [-0.39, 0.29) is 11.9 Å². The smallest absolute Gasteiger partial charge is 0.329 e. The number of piperidine rings is 1. The van der Waals surface area contributed by atoms with E-state index in [4.69, 9.17) is 0 Å². The molecule has 1 aliphatic rings. The van der Waals surface area contributed by atoms with Crippen LogP contribution in [0.25, 0.3) is 0 Å². The lowest BCUT2D eigenvalue weighted by Crippen LogP contribution is -2.63. The number of carbonyl (C=O) groups excluding carboxylic acids is 1. The normalized spacial score (nSPS) is 19.5. The molecule has 0 unspecified atom stereocenters. The molecule has 0 aromatic rings. The van der Waals surface area contributed by atoms with E-state index in [1.54, 1.807) is 0 Å². The zero-order valence-electron chi connectivity index (χ0n) is 10.1. The summed E-state index contributed by atoms with van der Waals surface area (Å²) in [4.78, 5) is 24.7. The average molecular weight is 228 g/mol. The van der Waals surface area contributed by atoms with Gasteiger partial charge in [0.25, 0.3) is 0 Å². The number of hydrogen-bond donors (Lipinski definition) is 2. The van der Waals surface area contributed by atoms with Gasteiger partial charge in [-0.05, 0) is 39.8 Å². The molecule has 1 fully saturated rings. The van der Waals surface area contributed by atoms with Crippen molar-refractivity contribution in [3.63, 3.8) is 0 Å². The van der Waals surface area contributed by atoms with Gasteiger partial charge in [0, 0.05) is 13.0 Å². The number of carboxylic acids is 1. The van der Waals surface area contributed by atoms with E-state index < -0.39 is 11.5 Å². The van der Waals surface area contributed by atoms with Gasteiger partial charge in [-0.25, -0.2) is 4.79 Å². The molecular formula is C11H20N2O3. The summed E-state index contributed by atoms with van der Waals surface area (Å²) < 4.78 is 0. The molecule has 0 atom stereocenters. The van der Waals surface area contributed by atoms with E-state index in [2.05, 4.69) is 5.32 Å². The van der Waals surface area contributed by atoms with Crippen LogP contribution in [0.3, 0.4) is 0 Å². The summed E-state index contributed by atoms with van der Waals surface area (Å²) in [5.74, 6) is -1.06. The molecule has 0 aliphatic carbocycles. The molecule has 0 saturated carbocycles. The van der Waals surface area contributed by atoms with Crippen LogP contribution in [0.2, 0.25) is 0 Å². The summed E-state index contributed by atoms with van der Waals surface area (Å²) in [5.41, 5.74) is -1.02. The maximum atomic E-state index is 11.6. The van der Waals surface area contributed by atoms with E-state index in [0.717, 1.165) is 0 Å². The van der Waals surface area contributed by atoms with Gasteiger partial charge >= 0.3 is 5.97 Å². The monoisotopic (exact) mass is 228 g/mol. The lowest BCUT2D eigenvalue weighted by molar-refractivity contribution is -0.163. The van der Waals surface area contributed by atoms with Crippen LogP contribution in [0.15, 0.2) is 0 Å². The second-order valence-electron chi connectivity index (χ2n) is 4.57. The number of aliphatic carboxylic acids is 1. The number of rotatable bonds is 3. The highest BCUT2D eigenvalue weighted by molar-refractivity contribution is 5.86. The molecule has 0 radical (unpaired) electrons. The number of carbonyl (C=O) groups is 2. The molecule has 0 spiro atoms.